The summed E-state index contributed by atoms with van der Waals surface area (Å²) in [4.78, 5) is 22.2. The van der Waals surface area contributed by atoms with Gasteiger partial charge in [-0.05, 0) is 6.92 Å². The van der Waals surface area contributed by atoms with Gasteiger partial charge in [-0.1, -0.05) is 5.04 Å². The summed E-state index contributed by atoms with van der Waals surface area (Å²) in [5, 5.41) is 8.34. The predicted molar refractivity (Wildman–Crippen MR) is 47.4 cm³/mol. The van der Waals surface area contributed by atoms with Gasteiger partial charge in [-0.25, -0.2) is 19.2 Å². The van der Waals surface area contributed by atoms with Crippen LogP contribution in [0.15, 0.2) is 0 Å². The highest BCUT2D eigenvalue weighted by molar-refractivity contribution is 7.96. The van der Waals surface area contributed by atoms with E-state index in [1.807, 2.05) is 0 Å². The molecular weight excluding hydrogens is 247 g/mol. The molecule has 2 unspecified atom stereocenters. The molecule has 16 heavy (non-hydrogen) atoms. The van der Waals surface area contributed by atoms with E-state index in [1.54, 1.807) is 0 Å². The van der Waals surface area contributed by atoms with Gasteiger partial charge in [-0.2, -0.15) is 0 Å². The number of carbonyl (C=O) groups is 2. The molecule has 1 saturated heterocycles. The Hall–Kier alpha value is -0.900. The molecular formula is C7H9FO7S. The lowest BCUT2D eigenvalue weighted by Crippen LogP contribution is -2.34. The summed E-state index contributed by atoms with van der Waals surface area (Å²) in [7, 11) is 0. The number of hydrogen-bond acceptors (Lipinski definition) is 8. The van der Waals surface area contributed by atoms with E-state index in [2.05, 4.69) is 18.8 Å². The van der Waals surface area contributed by atoms with Crippen molar-refractivity contribution in [1.82, 2.24) is 0 Å². The summed E-state index contributed by atoms with van der Waals surface area (Å²) in [5.41, 5.74) is 0. The molecule has 0 spiro atoms. The lowest BCUT2D eigenvalue weighted by molar-refractivity contribution is -0.432. The van der Waals surface area contributed by atoms with Crippen LogP contribution in [-0.4, -0.2) is 34.9 Å². The van der Waals surface area contributed by atoms with E-state index in [0.29, 0.717) is 0 Å². The fourth-order valence-electron chi connectivity index (χ4n) is 0.932. The van der Waals surface area contributed by atoms with E-state index in [9.17, 15) is 14.0 Å². The molecule has 9 heteroatoms. The van der Waals surface area contributed by atoms with Crippen LogP contribution < -0.4 is 0 Å². The number of rotatable bonds is 5. The normalized spacial score (nSPS) is 23.7. The molecule has 0 aromatic carbocycles. The van der Waals surface area contributed by atoms with Crippen LogP contribution in [0.25, 0.3) is 0 Å². The van der Waals surface area contributed by atoms with Crippen LogP contribution in [0.3, 0.4) is 0 Å². The van der Waals surface area contributed by atoms with Gasteiger partial charge in [0.05, 0.1) is 18.6 Å². The van der Waals surface area contributed by atoms with Crippen molar-refractivity contribution in [2.24, 2.45) is 0 Å². The second-order valence-electron chi connectivity index (χ2n) is 2.99. The van der Waals surface area contributed by atoms with E-state index < -0.39 is 23.0 Å². The third-order valence-electron chi connectivity index (χ3n) is 1.72. The first-order valence-corrected chi connectivity index (χ1v) is 4.94. The molecule has 1 fully saturated rings. The lowest BCUT2D eigenvalue weighted by Gasteiger charge is -2.17. The van der Waals surface area contributed by atoms with Gasteiger partial charge >= 0.3 is 11.9 Å². The van der Waals surface area contributed by atoms with Crippen molar-refractivity contribution in [2.75, 3.05) is 6.61 Å². The number of cyclic esters (lactones) is 1. The fraction of sp³-hybridized carbons (Fsp3) is 0.714. The Labute approximate surface area is 93.9 Å². The quantitative estimate of drug-likeness (QED) is 0.331. The highest BCUT2D eigenvalue weighted by Gasteiger charge is 2.42. The average Bonchev–Trinajstić information content (AvgIpc) is 2.61. The Morgan fingerprint density at radius 2 is 2.44 bits per heavy atom. The molecule has 7 nitrogen and oxygen atoms in total. The monoisotopic (exact) mass is 256 g/mol. The van der Waals surface area contributed by atoms with Gasteiger partial charge in [-0.15, -0.1) is 4.33 Å². The van der Waals surface area contributed by atoms with Gasteiger partial charge in [0.2, 0.25) is 6.10 Å². The number of halogens is 1. The van der Waals surface area contributed by atoms with Crippen LogP contribution >= 0.6 is 12.0 Å². The van der Waals surface area contributed by atoms with Crippen molar-refractivity contribution in [2.45, 2.75) is 24.4 Å². The van der Waals surface area contributed by atoms with Crippen molar-refractivity contribution in [1.29, 1.82) is 0 Å². The van der Waals surface area contributed by atoms with Gasteiger partial charge in [0, 0.05) is 6.42 Å². The molecule has 0 saturated carbocycles. The summed E-state index contributed by atoms with van der Waals surface area (Å²) < 4.78 is 26.3. The number of esters is 2. The molecule has 0 radical (unpaired) electrons. The van der Waals surface area contributed by atoms with Crippen LogP contribution in [0.1, 0.15) is 13.3 Å². The Kier molecular flexibility index (Phi) is 4.47. The molecule has 0 aromatic rings. The van der Waals surface area contributed by atoms with E-state index in [4.69, 9.17) is 5.26 Å². The highest BCUT2D eigenvalue weighted by Crippen LogP contribution is 2.30. The second kappa shape index (κ2) is 5.43. The largest absolute Gasteiger partial charge is 0.463 e. The van der Waals surface area contributed by atoms with E-state index in [0.717, 1.165) is 6.92 Å². The minimum atomic E-state index is -2.61. The zero-order chi connectivity index (χ0) is 12.2. The van der Waals surface area contributed by atoms with Gasteiger partial charge in [-0.3, -0.25) is 0 Å². The second-order valence-corrected chi connectivity index (χ2v) is 4.06. The Bertz CT molecular complexity index is 282. The molecule has 0 amide bonds. The van der Waals surface area contributed by atoms with Crippen molar-refractivity contribution in [3.05, 3.63) is 0 Å². The molecule has 0 aromatic heterocycles. The summed E-state index contributed by atoms with van der Waals surface area (Å²) in [6.07, 6.45) is -0.916. The molecule has 0 bridgehead atoms. The summed E-state index contributed by atoms with van der Waals surface area (Å²) in [6.45, 7) is 0.961. The number of alkyl halides is 1. The zero-order valence-electron chi connectivity index (χ0n) is 8.17. The topological polar surface area (TPSA) is 91.3 Å². The van der Waals surface area contributed by atoms with Gasteiger partial charge in [0.25, 0.3) is 5.00 Å². The summed E-state index contributed by atoms with van der Waals surface area (Å²) in [6, 6.07) is 0. The maximum atomic E-state index is 13.5. The van der Waals surface area contributed by atoms with Crippen molar-refractivity contribution < 1.29 is 38.1 Å². The molecule has 1 N–H and O–H groups in total. The number of carbonyl (C=O) groups excluding carboxylic acids is 2. The molecule has 1 rings (SSSR count). The van der Waals surface area contributed by atoms with E-state index in [-0.39, 0.29) is 25.1 Å². The minimum Gasteiger partial charge on any atom is -0.463 e. The smallest absolute Gasteiger partial charge is 0.357 e. The fourth-order valence-corrected chi connectivity index (χ4v) is 1.21. The Balaban J connectivity index is 2.47. The molecule has 0 aliphatic carbocycles. The van der Waals surface area contributed by atoms with Crippen LogP contribution in [-0.2, 0) is 28.4 Å². The summed E-state index contributed by atoms with van der Waals surface area (Å²) in [5.74, 6) is -2.04. The first kappa shape index (κ1) is 13.2. The Morgan fingerprint density at radius 1 is 1.75 bits per heavy atom. The SMILES string of the molecule is CC(F)(SOOO)C(=O)OC1CCOC1=O. The maximum absolute atomic E-state index is 13.5. The zero-order valence-corrected chi connectivity index (χ0v) is 8.99. The minimum absolute atomic E-state index is 0.0941. The predicted octanol–water partition coefficient (Wildman–Crippen LogP) is 0.600. The first-order chi connectivity index (χ1) is 7.47. The lowest BCUT2D eigenvalue weighted by atomic mass is 10.3. The van der Waals surface area contributed by atoms with E-state index >= 15 is 0 Å². The molecule has 1 aliphatic heterocycles. The van der Waals surface area contributed by atoms with Crippen molar-refractivity contribution in [3.63, 3.8) is 0 Å². The average molecular weight is 256 g/mol. The third-order valence-corrected chi connectivity index (χ3v) is 2.33. The standard InChI is InChI=1S/C7H9FO7S/c1-7(8,16-15-14-11)6(10)13-4-2-3-12-5(4)9/h4,11H,2-3H2,1H3. The molecule has 2 atom stereocenters. The van der Waals surface area contributed by atoms with Crippen molar-refractivity contribution >= 4 is 24.0 Å². The maximum Gasteiger partial charge on any atom is 0.357 e. The van der Waals surface area contributed by atoms with Crippen LogP contribution in [0.2, 0.25) is 0 Å². The highest BCUT2D eigenvalue weighted by atomic mass is 32.2. The summed E-state index contributed by atoms with van der Waals surface area (Å²) >= 11 is -0.0941. The van der Waals surface area contributed by atoms with Gasteiger partial charge in [0.15, 0.2) is 0 Å². The van der Waals surface area contributed by atoms with E-state index in [1.165, 1.54) is 0 Å². The first-order valence-electron chi connectivity index (χ1n) is 4.20. The van der Waals surface area contributed by atoms with Crippen molar-refractivity contribution in [3.8, 4) is 0 Å². The third kappa shape index (κ3) is 3.30. The molecule has 92 valence electrons. The van der Waals surface area contributed by atoms with Crippen LogP contribution in [0.4, 0.5) is 4.39 Å². The van der Waals surface area contributed by atoms with Gasteiger partial charge in [0.1, 0.15) is 0 Å². The van der Waals surface area contributed by atoms with Crippen LogP contribution in [0, 0.1) is 0 Å². The van der Waals surface area contributed by atoms with Crippen LogP contribution in [0.5, 0.6) is 0 Å². The number of hydrogen-bond donors (Lipinski definition) is 1. The molecule has 1 aliphatic rings. The Morgan fingerprint density at radius 3 is 2.94 bits per heavy atom. The van der Waals surface area contributed by atoms with Gasteiger partial charge < -0.3 is 9.47 Å². The molecule has 1 heterocycles. The number of ether oxygens (including phenoxy) is 2.